The third kappa shape index (κ3) is 3.70. The van der Waals surface area contributed by atoms with Crippen LogP contribution in [0.3, 0.4) is 0 Å². The smallest absolute Gasteiger partial charge is 0.252 e. The number of benzene rings is 2. The van der Waals surface area contributed by atoms with Crippen LogP contribution in [0.15, 0.2) is 46.2 Å². The number of sulfonamides is 1. The van der Waals surface area contributed by atoms with Gasteiger partial charge < -0.3 is 5.32 Å². The number of rotatable bonds is 3. The first-order valence-corrected chi connectivity index (χ1v) is 10.2. The molecule has 0 spiro atoms. The van der Waals surface area contributed by atoms with Crippen molar-refractivity contribution in [2.24, 2.45) is 5.14 Å². The number of fused-ring (bicyclic) bond motifs is 1. The van der Waals surface area contributed by atoms with Gasteiger partial charge in [0.1, 0.15) is 5.82 Å². The average Bonchev–Trinajstić information content (AvgIpc) is 2.55. The summed E-state index contributed by atoms with van der Waals surface area (Å²) in [7, 11) is -3.90. The third-order valence-electron chi connectivity index (χ3n) is 4.11. The summed E-state index contributed by atoms with van der Waals surface area (Å²) < 4.78 is 37.0. The number of carbonyl (C=O) groups is 1. The van der Waals surface area contributed by atoms with E-state index in [9.17, 15) is 17.6 Å². The molecule has 5 nitrogen and oxygen atoms in total. The van der Waals surface area contributed by atoms with E-state index in [-0.39, 0.29) is 22.3 Å². The molecule has 0 aromatic heterocycles. The van der Waals surface area contributed by atoms with Crippen LogP contribution in [-0.2, 0) is 10.0 Å². The van der Waals surface area contributed by atoms with Gasteiger partial charge in [-0.3, -0.25) is 4.79 Å². The molecular formula is C17H17FN2O3S2. The van der Waals surface area contributed by atoms with E-state index in [1.807, 2.05) is 0 Å². The zero-order valence-electron chi connectivity index (χ0n) is 13.5. The van der Waals surface area contributed by atoms with Crippen molar-refractivity contribution in [2.45, 2.75) is 29.2 Å². The van der Waals surface area contributed by atoms with E-state index in [0.29, 0.717) is 22.6 Å². The molecule has 1 heterocycles. The molecule has 0 saturated carbocycles. The standard InChI is InChI=1S/C17H17FN2O3S2/c1-10-5-6-11(25(19,22)23)9-13(10)17(21)20-15-7-8-24-16-12(15)3-2-4-14(16)18/h2-6,9,15H,7-8H2,1H3,(H,20,21)(H2,19,22,23)/t15-/m1/s1. The number of hydrogen-bond donors (Lipinski definition) is 2. The number of primary sulfonamides is 1. The molecule has 1 aliphatic heterocycles. The molecule has 3 rings (SSSR count). The van der Waals surface area contributed by atoms with Crippen molar-refractivity contribution in [3.8, 4) is 0 Å². The van der Waals surface area contributed by atoms with Gasteiger partial charge in [0.25, 0.3) is 5.91 Å². The number of nitrogens with one attached hydrogen (secondary N) is 1. The summed E-state index contributed by atoms with van der Waals surface area (Å²) >= 11 is 1.43. The molecule has 0 radical (unpaired) electrons. The van der Waals surface area contributed by atoms with Crippen LogP contribution in [0.4, 0.5) is 4.39 Å². The van der Waals surface area contributed by atoms with Crippen LogP contribution in [-0.4, -0.2) is 20.1 Å². The zero-order chi connectivity index (χ0) is 18.2. The average molecular weight is 380 g/mol. The monoisotopic (exact) mass is 380 g/mol. The lowest BCUT2D eigenvalue weighted by Crippen LogP contribution is -2.31. The highest BCUT2D eigenvalue weighted by molar-refractivity contribution is 7.99. The fourth-order valence-electron chi connectivity index (χ4n) is 2.80. The van der Waals surface area contributed by atoms with Crippen LogP contribution >= 0.6 is 11.8 Å². The van der Waals surface area contributed by atoms with Crippen LogP contribution in [0.25, 0.3) is 0 Å². The topological polar surface area (TPSA) is 89.3 Å². The van der Waals surface area contributed by atoms with Crippen molar-refractivity contribution in [3.63, 3.8) is 0 Å². The number of amides is 1. The van der Waals surface area contributed by atoms with Crippen LogP contribution < -0.4 is 10.5 Å². The molecular weight excluding hydrogens is 363 g/mol. The third-order valence-corrected chi connectivity index (χ3v) is 6.18. The van der Waals surface area contributed by atoms with Crippen LogP contribution in [0.2, 0.25) is 0 Å². The first-order valence-electron chi connectivity index (χ1n) is 7.63. The van der Waals surface area contributed by atoms with Gasteiger partial charge in [0, 0.05) is 16.2 Å². The fourth-order valence-corrected chi connectivity index (χ4v) is 4.48. The molecule has 1 aliphatic rings. The highest BCUT2D eigenvalue weighted by Gasteiger charge is 2.25. The predicted octanol–water partition coefficient (Wildman–Crippen LogP) is 2.75. The van der Waals surface area contributed by atoms with E-state index in [4.69, 9.17) is 5.14 Å². The highest BCUT2D eigenvalue weighted by Crippen LogP contribution is 2.37. The Kier molecular flexibility index (Phi) is 4.86. The lowest BCUT2D eigenvalue weighted by Gasteiger charge is -2.26. The van der Waals surface area contributed by atoms with Crippen molar-refractivity contribution >= 4 is 27.7 Å². The summed E-state index contributed by atoms with van der Waals surface area (Å²) in [4.78, 5) is 13.1. The molecule has 2 aromatic carbocycles. The minimum atomic E-state index is -3.90. The van der Waals surface area contributed by atoms with E-state index < -0.39 is 15.9 Å². The van der Waals surface area contributed by atoms with Gasteiger partial charge in [-0.2, -0.15) is 0 Å². The summed E-state index contributed by atoms with van der Waals surface area (Å²) in [5, 5.41) is 8.02. The Morgan fingerprint density at radius 3 is 2.80 bits per heavy atom. The van der Waals surface area contributed by atoms with Crippen LogP contribution in [0.5, 0.6) is 0 Å². The SMILES string of the molecule is Cc1ccc(S(N)(=O)=O)cc1C(=O)N[C@@H]1CCSc2c(F)cccc21. The number of hydrogen-bond acceptors (Lipinski definition) is 4. The summed E-state index contributed by atoms with van der Waals surface area (Å²) in [5.41, 5.74) is 1.61. The first kappa shape index (κ1) is 17.9. The van der Waals surface area contributed by atoms with Crippen LogP contribution in [0.1, 0.15) is 33.9 Å². The molecule has 25 heavy (non-hydrogen) atoms. The largest absolute Gasteiger partial charge is 0.345 e. The molecule has 3 N–H and O–H groups in total. The van der Waals surface area contributed by atoms with Gasteiger partial charge in [-0.15, -0.1) is 11.8 Å². The summed E-state index contributed by atoms with van der Waals surface area (Å²) in [6, 6.07) is 8.66. The van der Waals surface area contributed by atoms with Crippen molar-refractivity contribution in [1.29, 1.82) is 0 Å². The second kappa shape index (κ2) is 6.78. The number of thioether (sulfide) groups is 1. The molecule has 2 aromatic rings. The molecule has 0 aliphatic carbocycles. The first-order chi connectivity index (χ1) is 11.8. The number of nitrogens with two attached hydrogens (primary N) is 1. The van der Waals surface area contributed by atoms with Gasteiger partial charge in [-0.1, -0.05) is 18.2 Å². The van der Waals surface area contributed by atoms with Gasteiger partial charge in [0.05, 0.1) is 10.9 Å². The quantitative estimate of drug-likeness (QED) is 0.857. The van der Waals surface area contributed by atoms with Crippen molar-refractivity contribution < 1.29 is 17.6 Å². The molecule has 1 atom stereocenters. The second-order valence-electron chi connectivity index (χ2n) is 5.84. The maximum atomic E-state index is 13.9. The molecule has 1 amide bonds. The summed E-state index contributed by atoms with van der Waals surface area (Å²) in [5.74, 6) is -0.0151. The summed E-state index contributed by atoms with van der Waals surface area (Å²) in [6.07, 6.45) is 0.667. The van der Waals surface area contributed by atoms with Gasteiger partial charge in [0.15, 0.2) is 0 Å². The number of aryl methyl sites for hydroxylation is 1. The van der Waals surface area contributed by atoms with Gasteiger partial charge in [-0.25, -0.2) is 17.9 Å². The Hall–Kier alpha value is -1.90. The summed E-state index contributed by atoms with van der Waals surface area (Å²) in [6.45, 7) is 1.71. The Morgan fingerprint density at radius 2 is 2.08 bits per heavy atom. The van der Waals surface area contributed by atoms with Crippen LogP contribution in [0, 0.1) is 12.7 Å². The fraction of sp³-hybridized carbons (Fsp3) is 0.235. The molecule has 0 bridgehead atoms. The lowest BCUT2D eigenvalue weighted by atomic mass is 10.0. The Bertz CT molecular complexity index is 945. The van der Waals surface area contributed by atoms with Gasteiger partial charge in [-0.05, 0) is 42.7 Å². The molecule has 0 saturated heterocycles. The van der Waals surface area contributed by atoms with E-state index in [2.05, 4.69) is 5.32 Å². The zero-order valence-corrected chi connectivity index (χ0v) is 15.1. The Balaban J connectivity index is 1.91. The van der Waals surface area contributed by atoms with Crippen molar-refractivity contribution in [3.05, 3.63) is 58.9 Å². The second-order valence-corrected chi connectivity index (χ2v) is 8.51. The van der Waals surface area contributed by atoms with Crippen molar-refractivity contribution in [1.82, 2.24) is 5.32 Å². The van der Waals surface area contributed by atoms with E-state index >= 15 is 0 Å². The van der Waals surface area contributed by atoms with E-state index in [1.165, 1.54) is 30.0 Å². The van der Waals surface area contributed by atoms with Crippen molar-refractivity contribution in [2.75, 3.05) is 5.75 Å². The lowest BCUT2D eigenvalue weighted by molar-refractivity contribution is 0.0934. The molecule has 132 valence electrons. The Morgan fingerprint density at radius 1 is 1.32 bits per heavy atom. The maximum absolute atomic E-state index is 13.9. The maximum Gasteiger partial charge on any atom is 0.252 e. The van der Waals surface area contributed by atoms with Gasteiger partial charge in [0.2, 0.25) is 10.0 Å². The normalized spacial score (nSPS) is 17.0. The number of carbonyl (C=O) groups excluding carboxylic acids is 1. The molecule has 0 fully saturated rings. The van der Waals surface area contributed by atoms with E-state index in [1.54, 1.807) is 25.1 Å². The highest BCUT2D eigenvalue weighted by atomic mass is 32.2. The minimum absolute atomic E-state index is 0.117. The minimum Gasteiger partial charge on any atom is -0.345 e. The molecule has 0 unspecified atom stereocenters. The molecule has 8 heteroatoms. The Labute approximate surface area is 149 Å². The van der Waals surface area contributed by atoms with E-state index in [0.717, 1.165) is 5.56 Å². The number of halogens is 1. The predicted molar refractivity (Wildman–Crippen MR) is 94.5 cm³/mol. The van der Waals surface area contributed by atoms with Gasteiger partial charge >= 0.3 is 0 Å².